The number of anilines is 1. The second-order valence-electron chi connectivity index (χ2n) is 4.87. The molecule has 0 fully saturated rings. The molecule has 5 nitrogen and oxygen atoms in total. The van der Waals surface area contributed by atoms with E-state index in [-0.39, 0.29) is 11.3 Å². The van der Waals surface area contributed by atoms with Crippen molar-refractivity contribution in [2.75, 3.05) is 19.1 Å². The van der Waals surface area contributed by atoms with Crippen LogP contribution in [0.4, 0.5) is 5.69 Å². The first-order valence-electron chi connectivity index (χ1n) is 6.91. The molecule has 0 atom stereocenters. The van der Waals surface area contributed by atoms with Gasteiger partial charge in [-0.3, -0.25) is 0 Å². The summed E-state index contributed by atoms with van der Waals surface area (Å²) in [6.45, 7) is 1.95. The zero-order valence-corrected chi connectivity index (χ0v) is 16.5. The third kappa shape index (κ3) is 3.62. The van der Waals surface area contributed by atoms with Crippen molar-refractivity contribution >= 4 is 49.5 Å². The van der Waals surface area contributed by atoms with Crippen molar-refractivity contribution in [1.29, 1.82) is 0 Å². The molecular weight excluding hydrogens is 442 g/mol. The van der Waals surface area contributed by atoms with Crippen LogP contribution in [0.5, 0.6) is 0 Å². The van der Waals surface area contributed by atoms with Gasteiger partial charge in [-0.25, -0.2) is 9.59 Å². The first-order valence-corrected chi connectivity index (χ1v) is 8.50. The maximum atomic E-state index is 12.4. The van der Waals surface area contributed by atoms with Gasteiger partial charge in [-0.1, -0.05) is 22.0 Å². The van der Waals surface area contributed by atoms with Crippen molar-refractivity contribution in [3.63, 3.8) is 0 Å². The highest BCUT2D eigenvalue weighted by atomic mass is 79.9. The molecule has 0 unspecified atom stereocenters. The van der Waals surface area contributed by atoms with Crippen molar-refractivity contribution in [2.24, 2.45) is 0 Å². The topological polar surface area (TPSA) is 55.8 Å². The fourth-order valence-electron chi connectivity index (χ4n) is 2.17. The average molecular weight is 457 g/mol. The molecule has 2 rings (SSSR count). The molecule has 24 heavy (non-hydrogen) atoms. The van der Waals surface area contributed by atoms with E-state index in [4.69, 9.17) is 9.47 Å². The minimum atomic E-state index is -0.643. The Morgan fingerprint density at radius 3 is 2.29 bits per heavy atom. The van der Waals surface area contributed by atoms with Crippen molar-refractivity contribution in [2.45, 2.75) is 6.92 Å². The Morgan fingerprint density at radius 2 is 1.67 bits per heavy atom. The van der Waals surface area contributed by atoms with E-state index in [1.807, 2.05) is 19.1 Å². The van der Waals surface area contributed by atoms with Crippen molar-refractivity contribution in [1.82, 2.24) is 0 Å². The monoisotopic (exact) mass is 455 g/mol. The number of hydrogen-bond donors (Lipinski definition) is 0. The minimum absolute atomic E-state index is 0.0748. The van der Waals surface area contributed by atoms with Crippen LogP contribution in [0.2, 0.25) is 0 Å². The Kier molecular flexibility index (Phi) is 6.01. The van der Waals surface area contributed by atoms with Gasteiger partial charge in [0.05, 0.1) is 25.5 Å². The lowest BCUT2D eigenvalue weighted by molar-refractivity contribution is -0.139. The number of aryl methyl sites for hydroxylation is 1. The molecule has 1 aliphatic heterocycles. The Morgan fingerprint density at radius 1 is 1.00 bits per heavy atom. The number of benzene rings is 1. The molecule has 7 heteroatoms. The largest absolute Gasteiger partial charge is 0.465 e. The standard InChI is InChI=1S/C17H15Br2NO4/c1-10-8-13(19)14(9-12(10)18)20-7-5-4-6-11(16(21)23-2)15(20)17(22)24-3/h4-9H,1-3H3. The van der Waals surface area contributed by atoms with E-state index >= 15 is 0 Å². The lowest BCUT2D eigenvalue weighted by Gasteiger charge is -2.24. The number of esters is 2. The van der Waals surface area contributed by atoms with Gasteiger partial charge in [0, 0.05) is 15.1 Å². The maximum absolute atomic E-state index is 12.4. The fraction of sp³-hybridized carbons (Fsp3) is 0.176. The number of allylic oxidation sites excluding steroid dienone is 2. The second kappa shape index (κ2) is 7.81. The Labute approximate surface area is 156 Å². The van der Waals surface area contributed by atoms with Gasteiger partial charge in [-0.15, -0.1) is 0 Å². The average Bonchev–Trinajstić information content (AvgIpc) is 2.79. The van der Waals surface area contributed by atoms with Crippen molar-refractivity contribution in [3.8, 4) is 0 Å². The highest BCUT2D eigenvalue weighted by Crippen LogP contribution is 2.36. The molecule has 0 aliphatic carbocycles. The van der Waals surface area contributed by atoms with Gasteiger partial charge in [0.15, 0.2) is 0 Å². The fourth-order valence-corrected chi connectivity index (χ4v) is 3.15. The summed E-state index contributed by atoms with van der Waals surface area (Å²) in [6, 6.07) is 3.77. The number of carbonyl (C=O) groups is 2. The number of methoxy groups -OCH3 is 2. The number of hydrogen-bond acceptors (Lipinski definition) is 5. The summed E-state index contributed by atoms with van der Waals surface area (Å²) in [4.78, 5) is 26.1. The Bertz CT molecular complexity index is 781. The van der Waals surface area contributed by atoms with Gasteiger partial charge < -0.3 is 14.4 Å². The number of nitrogens with zero attached hydrogens (tertiary/aromatic N) is 1. The van der Waals surface area contributed by atoms with Gasteiger partial charge in [-0.05, 0) is 52.7 Å². The normalized spacial score (nSPS) is 13.8. The third-order valence-electron chi connectivity index (χ3n) is 3.38. The van der Waals surface area contributed by atoms with Crippen LogP contribution in [0, 0.1) is 6.92 Å². The summed E-state index contributed by atoms with van der Waals surface area (Å²) in [7, 11) is 2.53. The van der Waals surface area contributed by atoms with E-state index < -0.39 is 11.9 Å². The molecule has 0 bridgehead atoms. The molecule has 126 valence electrons. The molecule has 0 spiro atoms. The van der Waals surface area contributed by atoms with E-state index in [0.29, 0.717) is 5.69 Å². The first-order chi connectivity index (χ1) is 11.4. The molecule has 1 heterocycles. The molecule has 0 radical (unpaired) electrons. The Hall–Kier alpha value is -1.86. The van der Waals surface area contributed by atoms with Crippen LogP contribution in [-0.2, 0) is 19.1 Å². The Balaban J connectivity index is 2.72. The number of halogens is 2. The van der Waals surface area contributed by atoms with E-state index in [2.05, 4.69) is 31.9 Å². The van der Waals surface area contributed by atoms with Gasteiger partial charge >= 0.3 is 11.9 Å². The van der Waals surface area contributed by atoms with Crippen LogP contribution in [0.1, 0.15) is 5.56 Å². The van der Waals surface area contributed by atoms with Gasteiger partial charge in [0.1, 0.15) is 5.70 Å². The number of carbonyl (C=O) groups excluding carboxylic acids is 2. The third-order valence-corrected chi connectivity index (χ3v) is 4.87. The van der Waals surface area contributed by atoms with Crippen LogP contribution in [0.15, 0.2) is 56.8 Å². The van der Waals surface area contributed by atoms with Crippen LogP contribution >= 0.6 is 31.9 Å². The molecule has 1 aromatic rings. The summed E-state index contributed by atoms with van der Waals surface area (Å²) < 4.78 is 11.3. The van der Waals surface area contributed by atoms with E-state index in [0.717, 1.165) is 14.5 Å². The molecular formula is C17H15Br2NO4. The van der Waals surface area contributed by atoms with E-state index in [1.54, 1.807) is 23.3 Å². The first kappa shape index (κ1) is 18.5. The molecule has 1 aromatic carbocycles. The van der Waals surface area contributed by atoms with Crippen molar-refractivity contribution < 1.29 is 19.1 Å². The SMILES string of the molecule is COC(=O)C1=C(C(=O)OC)N(c2cc(Br)c(C)cc2Br)C=CC=C1. The lowest BCUT2D eigenvalue weighted by Crippen LogP contribution is -2.27. The van der Waals surface area contributed by atoms with Crippen LogP contribution < -0.4 is 4.90 Å². The van der Waals surface area contributed by atoms with Gasteiger partial charge in [-0.2, -0.15) is 0 Å². The predicted molar refractivity (Wildman–Crippen MR) is 98.4 cm³/mol. The minimum Gasteiger partial charge on any atom is -0.465 e. The summed E-state index contributed by atoms with van der Waals surface area (Å²) in [6.07, 6.45) is 6.58. The number of rotatable bonds is 3. The summed E-state index contributed by atoms with van der Waals surface area (Å²) in [5, 5.41) is 0. The molecule has 1 aliphatic rings. The predicted octanol–water partition coefficient (Wildman–Crippen LogP) is 4.01. The quantitative estimate of drug-likeness (QED) is 0.643. The second-order valence-corrected chi connectivity index (χ2v) is 6.58. The molecule has 0 amide bonds. The summed E-state index contributed by atoms with van der Waals surface area (Å²) >= 11 is 6.99. The van der Waals surface area contributed by atoms with Crippen LogP contribution in [0.3, 0.4) is 0 Å². The zero-order valence-electron chi connectivity index (χ0n) is 13.3. The molecule has 0 N–H and O–H groups in total. The van der Waals surface area contributed by atoms with Crippen LogP contribution in [-0.4, -0.2) is 26.2 Å². The zero-order chi connectivity index (χ0) is 17.9. The highest BCUT2D eigenvalue weighted by Gasteiger charge is 2.28. The molecule has 0 aromatic heterocycles. The molecule has 0 saturated heterocycles. The van der Waals surface area contributed by atoms with E-state index in [9.17, 15) is 9.59 Å². The lowest BCUT2D eigenvalue weighted by atomic mass is 10.1. The van der Waals surface area contributed by atoms with Crippen molar-refractivity contribution in [3.05, 3.63) is 62.3 Å². The summed E-state index contributed by atoms with van der Waals surface area (Å²) in [5.74, 6) is -1.27. The smallest absolute Gasteiger partial charge is 0.355 e. The van der Waals surface area contributed by atoms with Crippen LogP contribution in [0.25, 0.3) is 0 Å². The maximum Gasteiger partial charge on any atom is 0.355 e. The van der Waals surface area contributed by atoms with Gasteiger partial charge in [0.25, 0.3) is 0 Å². The number of ether oxygens (including phenoxy) is 2. The van der Waals surface area contributed by atoms with E-state index in [1.165, 1.54) is 20.3 Å². The highest BCUT2D eigenvalue weighted by molar-refractivity contribution is 9.11. The van der Waals surface area contributed by atoms with Gasteiger partial charge in [0.2, 0.25) is 0 Å². The molecule has 0 saturated carbocycles. The summed E-state index contributed by atoms with van der Waals surface area (Å²) in [5.41, 5.74) is 1.89.